The molecule has 2 fully saturated rings. The third-order valence-electron chi connectivity index (χ3n) is 4.01. The van der Waals surface area contributed by atoms with Gasteiger partial charge in [0.25, 0.3) is 0 Å². The fourth-order valence-electron chi connectivity index (χ4n) is 3.00. The first kappa shape index (κ1) is 18.9. The van der Waals surface area contributed by atoms with Gasteiger partial charge in [-0.05, 0) is 52.2 Å². The maximum absolute atomic E-state index is 12.9. The molecule has 1 N–H and O–H groups in total. The first-order valence-electron chi connectivity index (χ1n) is 8.24. The average Bonchev–Trinajstić information content (AvgIpc) is 2.64. The molecule has 3 atom stereocenters. The van der Waals surface area contributed by atoms with Gasteiger partial charge in [0, 0.05) is 0 Å². The molecule has 0 aromatic carbocycles. The number of alkyl carbamates (subject to hydrolysis) is 1. The van der Waals surface area contributed by atoms with Crippen LogP contribution < -0.4 is 5.32 Å². The number of ether oxygens (including phenoxy) is 2. The number of esters is 1. The zero-order valence-electron chi connectivity index (χ0n) is 14.7. The highest BCUT2D eigenvalue weighted by Gasteiger charge is 2.43. The van der Waals surface area contributed by atoms with Crippen LogP contribution in [0.15, 0.2) is 0 Å². The van der Waals surface area contributed by atoms with Crippen molar-refractivity contribution in [2.45, 2.75) is 69.5 Å². The molecule has 0 saturated carbocycles. The van der Waals surface area contributed by atoms with Crippen LogP contribution in [0, 0.1) is 0 Å². The molecule has 2 rings (SSSR count). The molecule has 8 heteroatoms. The molecule has 2 heterocycles. The molecular formula is C16H26N2O5S. The monoisotopic (exact) mass is 358 g/mol. The Morgan fingerprint density at radius 1 is 1.25 bits per heavy atom. The van der Waals surface area contributed by atoms with Gasteiger partial charge in [-0.25, -0.2) is 9.59 Å². The summed E-state index contributed by atoms with van der Waals surface area (Å²) in [5.74, 6) is 0.110. The Hall–Kier alpha value is -1.44. The number of rotatable bonds is 2. The van der Waals surface area contributed by atoms with E-state index >= 15 is 0 Å². The number of nitrogens with one attached hydrogen (secondary N) is 1. The van der Waals surface area contributed by atoms with E-state index in [0.717, 1.165) is 18.6 Å². The van der Waals surface area contributed by atoms with Gasteiger partial charge in [0.05, 0.1) is 12.5 Å². The minimum absolute atomic E-state index is 0.0409. The number of amides is 2. The molecular weight excluding hydrogens is 332 g/mol. The van der Waals surface area contributed by atoms with E-state index in [-0.39, 0.29) is 11.3 Å². The second kappa shape index (κ2) is 7.63. The molecule has 0 aliphatic carbocycles. The molecule has 136 valence electrons. The summed E-state index contributed by atoms with van der Waals surface area (Å²) >= 11 is 1.65. The second-order valence-corrected chi connectivity index (χ2v) is 8.31. The molecule has 2 saturated heterocycles. The number of piperidine rings is 1. The Kier molecular flexibility index (Phi) is 6.01. The molecule has 0 spiro atoms. The summed E-state index contributed by atoms with van der Waals surface area (Å²) in [4.78, 5) is 38.6. The molecule has 0 aromatic heterocycles. The number of thioether (sulfide) groups is 1. The average molecular weight is 358 g/mol. The van der Waals surface area contributed by atoms with E-state index in [1.54, 1.807) is 37.4 Å². The first-order chi connectivity index (χ1) is 11.2. The predicted octanol–water partition coefficient (Wildman–Crippen LogP) is 1.90. The van der Waals surface area contributed by atoms with Gasteiger partial charge >= 0.3 is 12.1 Å². The number of carbonyl (C=O) groups excluding carboxylic acids is 3. The van der Waals surface area contributed by atoms with Crippen LogP contribution in [0.3, 0.4) is 0 Å². The summed E-state index contributed by atoms with van der Waals surface area (Å²) < 4.78 is 10.1. The minimum atomic E-state index is -0.678. The van der Waals surface area contributed by atoms with E-state index in [4.69, 9.17) is 9.47 Å². The summed E-state index contributed by atoms with van der Waals surface area (Å²) in [6, 6.07) is -1.25. The fourth-order valence-corrected chi connectivity index (χ4v) is 4.39. The van der Waals surface area contributed by atoms with Crippen molar-refractivity contribution in [1.82, 2.24) is 10.2 Å². The van der Waals surface area contributed by atoms with Crippen molar-refractivity contribution in [3.8, 4) is 0 Å². The van der Waals surface area contributed by atoms with Gasteiger partial charge in [0.1, 0.15) is 17.7 Å². The summed E-state index contributed by atoms with van der Waals surface area (Å²) in [5, 5.41) is 2.62. The van der Waals surface area contributed by atoms with Crippen LogP contribution in [0.2, 0.25) is 0 Å². The third kappa shape index (κ3) is 4.55. The van der Waals surface area contributed by atoms with Crippen LogP contribution in [0.25, 0.3) is 0 Å². The quantitative estimate of drug-likeness (QED) is 0.759. The van der Waals surface area contributed by atoms with Crippen molar-refractivity contribution in [1.29, 1.82) is 0 Å². The van der Waals surface area contributed by atoms with Gasteiger partial charge in [-0.1, -0.05) is 0 Å². The van der Waals surface area contributed by atoms with E-state index in [0.29, 0.717) is 12.8 Å². The largest absolute Gasteiger partial charge is 0.467 e. The van der Waals surface area contributed by atoms with E-state index in [1.807, 2.05) is 0 Å². The Balaban J connectivity index is 2.13. The topological polar surface area (TPSA) is 84.9 Å². The highest BCUT2D eigenvalue weighted by atomic mass is 32.2. The SMILES string of the molecule is COC(=O)C1CCC[C@@H]2SCCC(NC(=O)OC(C)(C)C)C(=O)N12. The Morgan fingerprint density at radius 3 is 2.58 bits per heavy atom. The Morgan fingerprint density at radius 2 is 1.96 bits per heavy atom. The van der Waals surface area contributed by atoms with Crippen LogP contribution in [-0.2, 0) is 19.1 Å². The van der Waals surface area contributed by atoms with E-state index < -0.39 is 29.7 Å². The van der Waals surface area contributed by atoms with Crippen molar-refractivity contribution in [2.75, 3.05) is 12.9 Å². The molecule has 0 radical (unpaired) electrons. The van der Waals surface area contributed by atoms with Crippen LogP contribution >= 0.6 is 11.8 Å². The minimum Gasteiger partial charge on any atom is -0.467 e. The van der Waals surface area contributed by atoms with Crippen molar-refractivity contribution in [3.05, 3.63) is 0 Å². The lowest BCUT2D eigenvalue weighted by Gasteiger charge is -2.40. The van der Waals surface area contributed by atoms with Gasteiger partial charge in [-0.3, -0.25) is 4.79 Å². The van der Waals surface area contributed by atoms with Gasteiger partial charge in [-0.15, -0.1) is 11.8 Å². The van der Waals surface area contributed by atoms with Gasteiger partial charge in [0.15, 0.2) is 0 Å². The van der Waals surface area contributed by atoms with Crippen LogP contribution in [0.4, 0.5) is 4.79 Å². The normalized spacial score (nSPS) is 27.8. The van der Waals surface area contributed by atoms with Crippen molar-refractivity contribution in [3.63, 3.8) is 0 Å². The van der Waals surface area contributed by atoms with E-state index in [1.165, 1.54) is 7.11 Å². The second-order valence-electron chi connectivity index (χ2n) is 7.03. The van der Waals surface area contributed by atoms with Gasteiger partial charge < -0.3 is 19.7 Å². The number of hydrogen-bond donors (Lipinski definition) is 1. The van der Waals surface area contributed by atoms with Crippen LogP contribution in [0.5, 0.6) is 0 Å². The summed E-state index contributed by atoms with van der Waals surface area (Å²) in [6.07, 6.45) is 2.23. The standard InChI is InChI=1S/C16H26N2O5S/c1-16(2,3)23-15(21)17-10-8-9-24-12-7-5-6-11(14(20)22-4)18(12)13(10)19/h10-12H,5-9H2,1-4H3,(H,17,21)/t10?,11?,12-/m0/s1. The van der Waals surface area contributed by atoms with E-state index in [2.05, 4.69) is 5.32 Å². The number of carbonyl (C=O) groups is 3. The first-order valence-corrected chi connectivity index (χ1v) is 9.29. The van der Waals surface area contributed by atoms with Crippen molar-refractivity contribution in [2.24, 2.45) is 0 Å². The molecule has 2 aliphatic rings. The number of nitrogens with zero attached hydrogens (tertiary/aromatic N) is 1. The summed E-state index contributed by atoms with van der Waals surface area (Å²) in [5.41, 5.74) is -0.630. The lowest BCUT2D eigenvalue weighted by molar-refractivity contribution is -0.156. The van der Waals surface area contributed by atoms with Crippen LogP contribution in [0.1, 0.15) is 46.5 Å². The predicted molar refractivity (Wildman–Crippen MR) is 90.5 cm³/mol. The zero-order chi connectivity index (χ0) is 17.9. The fraction of sp³-hybridized carbons (Fsp3) is 0.812. The lowest BCUT2D eigenvalue weighted by atomic mass is 10.0. The molecule has 2 aliphatic heterocycles. The Bertz CT molecular complexity index is 505. The number of fused-ring (bicyclic) bond motifs is 1. The number of methoxy groups -OCH3 is 1. The lowest BCUT2D eigenvalue weighted by Crippen LogP contribution is -2.57. The molecule has 7 nitrogen and oxygen atoms in total. The number of hydrogen-bond acceptors (Lipinski definition) is 6. The maximum Gasteiger partial charge on any atom is 0.408 e. The smallest absolute Gasteiger partial charge is 0.408 e. The van der Waals surface area contributed by atoms with Gasteiger partial charge in [-0.2, -0.15) is 0 Å². The highest BCUT2D eigenvalue weighted by molar-refractivity contribution is 7.99. The molecule has 0 aromatic rings. The zero-order valence-corrected chi connectivity index (χ0v) is 15.5. The van der Waals surface area contributed by atoms with Crippen molar-refractivity contribution < 1.29 is 23.9 Å². The molecule has 0 bridgehead atoms. The van der Waals surface area contributed by atoms with Crippen LogP contribution in [-0.4, -0.2) is 58.8 Å². The van der Waals surface area contributed by atoms with Gasteiger partial charge in [0.2, 0.25) is 5.91 Å². The summed E-state index contributed by atoms with van der Waals surface area (Å²) in [6.45, 7) is 5.31. The third-order valence-corrected chi connectivity index (χ3v) is 5.33. The summed E-state index contributed by atoms with van der Waals surface area (Å²) in [7, 11) is 1.33. The Labute approximate surface area is 146 Å². The highest BCUT2D eigenvalue weighted by Crippen LogP contribution is 2.34. The van der Waals surface area contributed by atoms with Crippen molar-refractivity contribution >= 4 is 29.7 Å². The molecule has 2 unspecified atom stereocenters. The molecule has 2 amide bonds. The molecule has 24 heavy (non-hydrogen) atoms. The van der Waals surface area contributed by atoms with E-state index in [9.17, 15) is 14.4 Å². The maximum atomic E-state index is 12.9.